The molecule has 1 saturated heterocycles. The van der Waals surface area contributed by atoms with Gasteiger partial charge in [0.15, 0.2) is 5.78 Å². The average Bonchev–Trinajstić information content (AvgIpc) is 2.89. The largest absolute Gasteiger partial charge is 0.463 e. The highest BCUT2D eigenvalue weighted by atomic mass is 19.1. The van der Waals surface area contributed by atoms with Crippen LogP contribution < -0.4 is 10.2 Å². The summed E-state index contributed by atoms with van der Waals surface area (Å²) in [7, 11) is 0. The van der Waals surface area contributed by atoms with Gasteiger partial charge in [-0.3, -0.25) is 4.79 Å². The Hall–Kier alpha value is -3.45. The summed E-state index contributed by atoms with van der Waals surface area (Å²) in [5, 5.41) is 3.35. The molecule has 2 heterocycles. The Kier molecular flexibility index (Phi) is 6.92. The summed E-state index contributed by atoms with van der Waals surface area (Å²) < 4.78 is 24.3. The van der Waals surface area contributed by atoms with Crippen LogP contribution in [0.5, 0.6) is 0 Å². The van der Waals surface area contributed by atoms with Crippen LogP contribution in [0.15, 0.2) is 71.1 Å². The molecule has 5 rings (SSSR count). The van der Waals surface area contributed by atoms with E-state index in [4.69, 9.17) is 9.47 Å². The highest BCUT2D eigenvalue weighted by Gasteiger charge is 2.41. The minimum absolute atomic E-state index is 0.00497. The van der Waals surface area contributed by atoms with Crippen molar-refractivity contribution in [2.45, 2.75) is 38.5 Å². The third kappa shape index (κ3) is 4.67. The molecular formula is C29H31FN2O4. The molecule has 0 aromatic heterocycles. The molecule has 2 aromatic rings. The minimum Gasteiger partial charge on any atom is -0.463 e. The summed E-state index contributed by atoms with van der Waals surface area (Å²) in [4.78, 5) is 29.0. The van der Waals surface area contributed by atoms with Gasteiger partial charge in [-0.15, -0.1) is 0 Å². The van der Waals surface area contributed by atoms with Gasteiger partial charge in [-0.05, 0) is 61.6 Å². The van der Waals surface area contributed by atoms with E-state index in [1.807, 2.05) is 19.1 Å². The van der Waals surface area contributed by atoms with Crippen LogP contribution in [-0.2, 0) is 19.1 Å². The van der Waals surface area contributed by atoms with Crippen LogP contribution in [-0.4, -0.2) is 44.7 Å². The van der Waals surface area contributed by atoms with Gasteiger partial charge in [0.05, 0.1) is 25.4 Å². The number of allylic oxidation sites excluding steroid dienone is 3. The Balaban J connectivity index is 1.52. The monoisotopic (exact) mass is 490 g/mol. The lowest BCUT2D eigenvalue weighted by Gasteiger charge is -2.37. The number of dihydropyridines is 1. The molecule has 188 valence electrons. The lowest BCUT2D eigenvalue weighted by atomic mass is 9.71. The van der Waals surface area contributed by atoms with Crippen molar-refractivity contribution in [3.8, 4) is 0 Å². The second-order valence-corrected chi connectivity index (χ2v) is 9.48. The number of carbonyl (C=O) groups is 2. The van der Waals surface area contributed by atoms with Gasteiger partial charge in [0.1, 0.15) is 5.82 Å². The Labute approximate surface area is 210 Å². The molecule has 0 saturated carbocycles. The fourth-order valence-corrected chi connectivity index (χ4v) is 5.52. The van der Waals surface area contributed by atoms with E-state index in [0.717, 1.165) is 35.6 Å². The van der Waals surface area contributed by atoms with Crippen molar-refractivity contribution in [1.29, 1.82) is 0 Å². The second kappa shape index (κ2) is 10.3. The van der Waals surface area contributed by atoms with Gasteiger partial charge in [0.25, 0.3) is 0 Å². The second-order valence-electron chi connectivity index (χ2n) is 9.48. The number of halogens is 1. The SMILES string of the molecule is CCOC(=O)C1=C(C)NC2=C(C(=O)CC(c3ccc(F)cc3)C2)C1c1ccc(N2CCOCC2)cc1. The highest BCUT2D eigenvalue weighted by Crippen LogP contribution is 2.46. The number of ether oxygens (including phenoxy) is 2. The molecule has 6 nitrogen and oxygen atoms in total. The van der Waals surface area contributed by atoms with E-state index < -0.39 is 11.9 Å². The molecule has 36 heavy (non-hydrogen) atoms. The third-order valence-electron chi connectivity index (χ3n) is 7.27. The van der Waals surface area contributed by atoms with E-state index in [2.05, 4.69) is 22.3 Å². The van der Waals surface area contributed by atoms with Crippen molar-refractivity contribution in [3.63, 3.8) is 0 Å². The molecule has 1 N–H and O–H groups in total. The van der Waals surface area contributed by atoms with Gasteiger partial charge in [0.2, 0.25) is 0 Å². The van der Waals surface area contributed by atoms with E-state index in [9.17, 15) is 14.0 Å². The molecule has 2 aromatic carbocycles. The number of rotatable bonds is 5. The molecule has 0 bridgehead atoms. The number of morpholine rings is 1. The Morgan fingerprint density at radius 3 is 2.39 bits per heavy atom. The molecule has 7 heteroatoms. The van der Waals surface area contributed by atoms with Crippen LogP contribution in [0.3, 0.4) is 0 Å². The fraction of sp³-hybridized carbons (Fsp3) is 0.379. The van der Waals surface area contributed by atoms with Crippen LogP contribution in [0.4, 0.5) is 10.1 Å². The van der Waals surface area contributed by atoms with Gasteiger partial charge in [-0.25, -0.2) is 9.18 Å². The molecule has 0 radical (unpaired) electrons. The van der Waals surface area contributed by atoms with E-state index in [-0.39, 0.29) is 24.1 Å². The highest BCUT2D eigenvalue weighted by molar-refractivity contribution is 6.04. The van der Waals surface area contributed by atoms with Crippen LogP contribution in [0.25, 0.3) is 0 Å². The number of hydrogen-bond donors (Lipinski definition) is 1. The maximum absolute atomic E-state index is 13.6. The fourth-order valence-electron chi connectivity index (χ4n) is 5.52. The lowest BCUT2D eigenvalue weighted by Crippen LogP contribution is -2.36. The predicted octanol–water partition coefficient (Wildman–Crippen LogP) is 4.59. The van der Waals surface area contributed by atoms with Crippen LogP contribution in [0.2, 0.25) is 0 Å². The van der Waals surface area contributed by atoms with E-state index in [1.54, 1.807) is 19.1 Å². The Morgan fingerprint density at radius 2 is 1.72 bits per heavy atom. The van der Waals surface area contributed by atoms with E-state index in [1.165, 1.54) is 12.1 Å². The predicted molar refractivity (Wildman–Crippen MR) is 135 cm³/mol. The quantitative estimate of drug-likeness (QED) is 0.619. The molecule has 3 aliphatic rings. The van der Waals surface area contributed by atoms with Crippen molar-refractivity contribution in [2.24, 2.45) is 0 Å². The summed E-state index contributed by atoms with van der Waals surface area (Å²) in [6, 6.07) is 14.5. The number of ketones is 1. The maximum atomic E-state index is 13.6. The van der Waals surface area contributed by atoms with Crippen molar-refractivity contribution >= 4 is 17.4 Å². The normalized spacial score (nSPS) is 22.3. The first-order valence-electron chi connectivity index (χ1n) is 12.6. The molecule has 2 atom stereocenters. The number of nitrogens with one attached hydrogen (secondary N) is 1. The first-order valence-corrected chi connectivity index (χ1v) is 12.6. The number of benzene rings is 2. The van der Waals surface area contributed by atoms with Gasteiger partial charge in [-0.1, -0.05) is 24.3 Å². The number of hydrogen-bond acceptors (Lipinski definition) is 6. The number of anilines is 1. The smallest absolute Gasteiger partial charge is 0.336 e. The minimum atomic E-state index is -0.499. The summed E-state index contributed by atoms with van der Waals surface area (Å²) in [6.07, 6.45) is 0.923. The van der Waals surface area contributed by atoms with Crippen molar-refractivity contribution in [3.05, 3.63) is 88.0 Å². The van der Waals surface area contributed by atoms with Crippen LogP contribution in [0, 0.1) is 5.82 Å². The molecule has 2 aliphatic heterocycles. The van der Waals surface area contributed by atoms with Crippen molar-refractivity contribution < 1.29 is 23.5 Å². The number of nitrogens with zero attached hydrogens (tertiary/aromatic N) is 1. The number of Topliss-reactive ketones (excluding diaryl/α,β-unsaturated/α-hetero) is 1. The Morgan fingerprint density at radius 1 is 1.06 bits per heavy atom. The molecule has 1 fully saturated rings. The first-order chi connectivity index (χ1) is 17.5. The van der Waals surface area contributed by atoms with Crippen molar-refractivity contribution in [2.75, 3.05) is 37.8 Å². The van der Waals surface area contributed by atoms with Gasteiger partial charge >= 0.3 is 5.97 Å². The number of carbonyl (C=O) groups excluding carboxylic acids is 2. The third-order valence-corrected chi connectivity index (χ3v) is 7.27. The zero-order valence-corrected chi connectivity index (χ0v) is 20.7. The van der Waals surface area contributed by atoms with Crippen LogP contribution in [0.1, 0.15) is 49.7 Å². The summed E-state index contributed by atoms with van der Waals surface area (Å²) in [6.45, 7) is 6.95. The van der Waals surface area contributed by atoms with Crippen LogP contribution >= 0.6 is 0 Å². The average molecular weight is 491 g/mol. The molecule has 2 unspecified atom stereocenters. The van der Waals surface area contributed by atoms with Gasteiger partial charge in [-0.2, -0.15) is 0 Å². The lowest BCUT2D eigenvalue weighted by molar-refractivity contribution is -0.138. The van der Waals surface area contributed by atoms with Gasteiger partial charge in [0, 0.05) is 48.1 Å². The van der Waals surface area contributed by atoms with Gasteiger partial charge < -0.3 is 19.7 Å². The summed E-state index contributed by atoms with van der Waals surface area (Å²) in [5.41, 5.74) is 5.54. The number of esters is 1. The molecule has 1 aliphatic carbocycles. The zero-order chi connectivity index (χ0) is 25.2. The first kappa shape index (κ1) is 24.3. The van der Waals surface area contributed by atoms with E-state index >= 15 is 0 Å². The molecule has 0 spiro atoms. The standard InChI is InChI=1S/C29H31FN2O4/c1-3-36-29(34)26-18(2)31-24-16-21(19-4-8-22(30)9-5-19)17-25(33)28(24)27(26)20-6-10-23(11-7-20)32-12-14-35-15-13-32/h4-11,21,27,31H,3,12-17H2,1-2H3. The van der Waals surface area contributed by atoms with E-state index in [0.29, 0.717) is 42.9 Å². The topological polar surface area (TPSA) is 67.9 Å². The summed E-state index contributed by atoms with van der Waals surface area (Å²) in [5.74, 6) is -1.26. The maximum Gasteiger partial charge on any atom is 0.336 e. The Bertz CT molecular complexity index is 1210. The molecule has 0 amide bonds. The summed E-state index contributed by atoms with van der Waals surface area (Å²) >= 11 is 0. The zero-order valence-electron chi connectivity index (χ0n) is 20.7. The molecular weight excluding hydrogens is 459 g/mol. The van der Waals surface area contributed by atoms with Crippen molar-refractivity contribution in [1.82, 2.24) is 5.32 Å².